The molecule has 134 valence electrons. The molecule has 26 heavy (non-hydrogen) atoms. The molecule has 1 N–H and O–H groups in total. The van der Waals surface area contributed by atoms with E-state index >= 15 is 0 Å². The Morgan fingerprint density at radius 2 is 1.81 bits per heavy atom. The van der Waals surface area contributed by atoms with Crippen LogP contribution in [0.25, 0.3) is 10.8 Å². The first-order valence-electron chi connectivity index (χ1n) is 8.35. The molecule has 3 nitrogen and oxygen atoms in total. The lowest BCUT2D eigenvalue weighted by Gasteiger charge is -2.13. The van der Waals surface area contributed by atoms with E-state index in [-0.39, 0.29) is 11.7 Å². The van der Waals surface area contributed by atoms with Gasteiger partial charge in [0, 0.05) is 17.7 Å². The summed E-state index contributed by atoms with van der Waals surface area (Å²) in [4.78, 5) is 12.2. The summed E-state index contributed by atoms with van der Waals surface area (Å²) in [7, 11) is 0. The predicted octanol–water partition coefficient (Wildman–Crippen LogP) is 5.32. The van der Waals surface area contributed by atoms with E-state index in [9.17, 15) is 13.6 Å². The molecule has 0 fully saturated rings. The zero-order chi connectivity index (χ0) is 18.5. The molecule has 0 spiro atoms. The van der Waals surface area contributed by atoms with E-state index in [1.165, 1.54) is 6.07 Å². The Hall–Kier alpha value is -2.95. The predicted molar refractivity (Wildman–Crippen MR) is 98.7 cm³/mol. The van der Waals surface area contributed by atoms with Crippen molar-refractivity contribution in [3.05, 3.63) is 71.8 Å². The minimum atomic E-state index is -2.90. The molecule has 3 aromatic carbocycles. The Labute approximate surface area is 150 Å². The summed E-state index contributed by atoms with van der Waals surface area (Å²) in [6.45, 7) is -1.26. The van der Waals surface area contributed by atoms with Gasteiger partial charge in [-0.25, -0.2) is 0 Å². The third-order valence-corrected chi connectivity index (χ3v) is 4.23. The van der Waals surface area contributed by atoms with Crippen molar-refractivity contribution in [1.29, 1.82) is 0 Å². The normalized spacial score (nSPS) is 10.9. The van der Waals surface area contributed by atoms with Crippen molar-refractivity contribution in [3.8, 4) is 5.75 Å². The highest BCUT2D eigenvalue weighted by atomic mass is 19.3. The number of hydrogen-bond donors (Lipinski definition) is 1. The molecule has 3 aromatic rings. The van der Waals surface area contributed by atoms with Gasteiger partial charge in [-0.1, -0.05) is 48.5 Å². The summed E-state index contributed by atoms with van der Waals surface area (Å²) in [5, 5.41) is 5.06. The molecule has 3 rings (SSSR count). The molecule has 0 saturated carbocycles. The number of carbonyl (C=O) groups is 1. The number of ether oxygens (including phenoxy) is 1. The number of hydrogen-bond acceptors (Lipinski definition) is 2. The van der Waals surface area contributed by atoms with Gasteiger partial charge in [0.2, 0.25) is 5.91 Å². The molecule has 0 aliphatic rings. The first-order chi connectivity index (χ1) is 12.5. The van der Waals surface area contributed by atoms with Crippen LogP contribution in [-0.4, -0.2) is 12.5 Å². The van der Waals surface area contributed by atoms with E-state index in [0.717, 1.165) is 16.3 Å². The van der Waals surface area contributed by atoms with E-state index in [0.29, 0.717) is 24.1 Å². The van der Waals surface area contributed by atoms with Crippen molar-refractivity contribution in [1.82, 2.24) is 0 Å². The van der Waals surface area contributed by atoms with Crippen LogP contribution in [0.2, 0.25) is 0 Å². The first-order valence-corrected chi connectivity index (χ1v) is 8.35. The molecule has 0 aromatic heterocycles. The second-order valence-electron chi connectivity index (χ2n) is 6.04. The third kappa shape index (κ3) is 4.36. The summed E-state index contributed by atoms with van der Waals surface area (Å²) < 4.78 is 29.3. The Bertz CT molecular complexity index is 925. The van der Waals surface area contributed by atoms with Crippen molar-refractivity contribution in [3.63, 3.8) is 0 Å². The summed E-state index contributed by atoms with van der Waals surface area (Å²) in [6, 6.07) is 18.9. The highest BCUT2D eigenvalue weighted by Gasteiger charge is 2.12. The second kappa shape index (κ2) is 7.95. The molecule has 0 aliphatic heterocycles. The Morgan fingerprint density at radius 3 is 2.58 bits per heavy atom. The molecule has 5 heteroatoms. The monoisotopic (exact) mass is 355 g/mol. The van der Waals surface area contributed by atoms with Crippen LogP contribution in [0, 0.1) is 6.92 Å². The fourth-order valence-electron chi connectivity index (χ4n) is 2.84. The Balaban J connectivity index is 1.63. The standard InChI is InChI=1S/C21H19F2NO2/c1-14-18(7-4-8-19(14)26-21(22)23)24-20(25)12-10-15-9-11-16-5-2-3-6-17(16)13-15/h2-9,11,13,21H,10,12H2,1H3,(H,24,25). The molecule has 0 aliphatic carbocycles. The van der Waals surface area contributed by atoms with Gasteiger partial charge in [0.25, 0.3) is 0 Å². The average molecular weight is 355 g/mol. The van der Waals surface area contributed by atoms with Gasteiger partial charge in [0.05, 0.1) is 0 Å². The lowest BCUT2D eigenvalue weighted by molar-refractivity contribution is -0.116. The minimum Gasteiger partial charge on any atom is -0.434 e. The van der Waals surface area contributed by atoms with Crippen molar-refractivity contribution in [2.45, 2.75) is 26.4 Å². The van der Waals surface area contributed by atoms with Gasteiger partial charge in [-0.05, 0) is 41.8 Å². The van der Waals surface area contributed by atoms with Crippen LogP contribution in [-0.2, 0) is 11.2 Å². The van der Waals surface area contributed by atoms with Crippen LogP contribution in [0.15, 0.2) is 60.7 Å². The van der Waals surface area contributed by atoms with Crippen LogP contribution in [0.3, 0.4) is 0 Å². The van der Waals surface area contributed by atoms with Crippen LogP contribution in [0.1, 0.15) is 17.5 Å². The van der Waals surface area contributed by atoms with Crippen molar-refractivity contribution in [2.24, 2.45) is 0 Å². The van der Waals surface area contributed by atoms with E-state index in [4.69, 9.17) is 0 Å². The quantitative estimate of drug-likeness (QED) is 0.650. The summed E-state index contributed by atoms with van der Waals surface area (Å²) in [5.74, 6) is -0.109. The maximum atomic E-state index is 12.4. The van der Waals surface area contributed by atoms with Gasteiger partial charge >= 0.3 is 6.61 Å². The van der Waals surface area contributed by atoms with Crippen LogP contribution < -0.4 is 10.1 Å². The van der Waals surface area contributed by atoms with Gasteiger partial charge in [-0.15, -0.1) is 0 Å². The van der Waals surface area contributed by atoms with Crippen molar-refractivity contribution < 1.29 is 18.3 Å². The van der Waals surface area contributed by atoms with Crippen LogP contribution in [0.4, 0.5) is 14.5 Å². The Kier molecular flexibility index (Phi) is 5.46. The number of nitrogens with one attached hydrogen (secondary N) is 1. The van der Waals surface area contributed by atoms with E-state index in [1.54, 1.807) is 19.1 Å². The number of alkyl halides is 2. The van der Waals surface area contributed by atoms with Crippen molar-refractivity contribution >= 4 is 22.4 Å². The van der Waals surface area contributed by atoms with Gasteiger partial charge in [0.15, 0.2) is 0 Å². The zero-order valence-electron chi connectivity index (χ0n) is 14.3. The maximum absolute atomic E-state index is 12.4. The number of amides is 1. The van der Waals surface area contributed by atoms with Gasteiger partial charge in [-0.3, -0.25) is 4.79 Å². The number of halogens is 2. The first kappa shape index (κ1) is 17.9. The smallest absolute Gasteiger partial charge is 0.387 e. The number of benzene rings is 3. The summed E-state index contributed by atoms with van der Waals surface area (Å²) in [6.07, 6.45) is 0.903. The third-order valence-electron chi connectivity index (χ3n) is 4.23. The zero-order valence-corrected chi connectivity index (χ0v) is 14.3. The lowest BCUT2D eigenvalue weighted by atomic mass is 10.0. The summed E-state index contributed by atoms with van der Waals surface area (Å²) in [5.41, 5.74) is 2.03. The van der Waals surface area contributed by atoms with Crippen molar-refractivity contribution in [2.75, 3.05) is 5.32 Å². The number of rotatable bonds is 6. The molecule has 0 saturated heterocycles. The average Bonchev–Trinajstić information content (AvgIpc) is 2.63. The molecule has 0 unspecified atom stereocenters. The molecule has 0 heterocycles. The van der Waals surface area contributed by atoms with E-state index in [2.05, 4.69) is 16.1 Å². The fraction of sp³-hybridized carbons (Fsp3) is 0.190. The topological polar surface area (TPSA) is 38.3 Å². The Morgan fingerprint density at radius 1 is 1.04 bits per heavy atom. The number of fused-ring (bicyclic) bond motifs is 1. The van der Waals surface area contributed by atoms with Gasteiger partial charge in [-0.2, -0.15) is 8.78 Å². The van der Waals surface area contributed by atoms with Gasteiger partial charge in [0.1, 0.15) is 5.75 Å². The molecular weight excluding hydrogens is 336 g/mol. The lowest BCUT2D eigenvalue weighted by Crippen LogP contribution is -2.14. The summed E-state index contributed by atoms with van der Waals surface area (Å²) >= 11 is 0. The highest BCUT2D eigenvalue weighted by Crippen LogP contribution is 2.27. The van der Waals surface area contributed by atoms with E-state index < -0.39 is 6.61 Å². The minimum absolute atomic E-state index is 0.0623. The van der Waals surface area contributed by atoms with Gasteiger partial charge < -0.3 is 10.1 Å². The van der Waals surface area contributed by atoms with Crippen LogP contribution in [0.5, 0.6) is 5.75 Å². The van der Waals surface area contributed by atoms with Crippen LogP contribution >= 0.6 is 0 Å². The number of anilines is 1. The number of carbonyl (C=O) groups excluding carboxylic acids is 1. The molecule has 1 amide bonds. The fourth-order valence-corrected chi connectivity index (χ4v) is 2.84. The largest absolute Gasteiger partial charge is 0.434 e. The SMILES string of the molecule is Cc1c(NC(=O)CCc2ccc3ccccc3c2)cccc1OC(F)F. The second-order valence-corrected chi connectivity index (χ2v) is 6.04. The molecule has 0 radical (unpaired) electrons. The highest BCUT2D eigenvalue weighted by molar-refractivity contribution is 5.92. The van der Waals surface area contributed by atoms with E-state index in [1.807, 2.05) is 36.4 Å². The maximum Gasteiger partial charge on any atom is 0.387 e. The number of aryl methyl sites for hydroxylation is 1. The molecule has 0 atom stereocenters. The molecular formula is C21H19F2NO2. The molecule has 0 bridgehead atoms.